The number of para-hydroxylation sites is 1. The maximum Gasteiger partial charge on any atom is 0.335 e. The predicted molar refractivity (Wildman–Crippen MR) is 78.2 cm³/mol. The zero-order valence-corrected chi connectivity index (χ0v) is 10.8. The van der Waals surface area contributed by atoms with Gasteiger partial charge in [0.1, 0.15) is 0 Å². The minimum absolute atomic E-state index is 0.0529. The number of nitro groups is 1. The van der Waals surface area contributed by atoms with Crippen molar-refractivity contribution >= 4 is 29.2 Å². The van der Waals surface area contributed by atoms with E-state index in [9.17, 15) is 14.9 Å². The Bertz CT molecular complexity index is 741. The molecule has 0 saturated carbocycles. The van der Waals surface area contributed by atoms with Crippen molar-refractivity contribution in [3.05, 3.63) is 63.7 Å². The number of hydrogen-bond acceptors (Lipinski definition) is 5. The first kappa shape index (κ1) is 14.2. The molecule has 106 valence electrons. The van der Waals surface area contributed by atoms with Crippen LogP contribution in [0.2, 0.25) is 0 Å². The molecule has 0 aromatic heterocycles. The summed E-state index contributed by atoms with van der Waals surface area (Å²) in [6.45, 7) is 0. The van der Waals surface area contributed by atoms with E-state index < -0.39 is 10.9 Å². The summed E-state index contributed by atoms with van der Waals surface area (Å²) in [6, 6.07) is 10.3. The predicted octanol–water partition coefficient (Wildman–Crippen LogP) is 2.63. The summed E-state index contributed by atoms with van der Waals surface area (Å²) in [7, 11) is 0. The number of aliphatic imine (C=N–C) groups is 1. The van der Waals surface area contributed by atoms with Gasteiger partial charge in [-0.1, -0.05) is 12.1 Å². The molecule has 2 aromatic carbocycles. The number of carboxylic acids is 1. The standard InChI is InChI=1S/C14H11N3O4/c15-11-7-9(14(18)19)5-6-12(11)16-8-10-3-1-2-4-13(10)17(20)21/h1-8H,15H2,(H,18,19). The van der Waals surface area contributed by atoms with Crippen molar-refractivity contribution in [1.82, 2.24) is 0 Å². The average Bonchev–Trinajstić information content (AvgIpc) is 2.46. The van der Waals surface area contributed by atoms with Crippen LogP contribution in [-0.2, 0) is 0 Å². The molecule has 3 N–H and O–H groups in total. The van der Waals surface area contributed by atoms with Gasteiger partial charge in [-0.25, -0.2) is 4.79 Å². The Morgan fingerprint density at radius 1 is 1.29 bits per heavy atom. The van der Waals surface area contributed by atoms with E-state index >= 15 is 0 Å². The first-order valence-electron chi connectivity index (χ1n) is 5.89. The summed E-state index contributed by atoms with van der Waals surface area (Å²) in [6.07, 6.45) is 1.32. The number of aromatic carboxylic acids is 1. The van der Waals surface area contributed by atoms with Crippen LogP contribution < -0.4 is 5.73 Å². The van der Waals surface area contributed by atoms with E-state index in [-0.39, 0.29) is 16.9 Å². The van der Waals surface area contributed by atoms with Gasteiger partial charge in [-0.2, -0.15) is 0 Å². The van der Waals surface area contributed by atoms with Gasteiger partial charge in [-0.15, -0.1) is 0 Å². The van der Waals surface area contributed by atoms with E-state index in [4.69, 9.17) is 10.8 Å². The zero-order valence-electron chi connectivity index (χ0n) is 10.8. The summed E-state index contributed by atoms with van der Waals surface area (Å²) in [5.41, 5.74) is 6.56. The summed E-state index contributed by atoms with van der Waals surface area (Å²) in [5.74, 6) is -1.09. The Hall–Kier alpha value is -3.22. The van der Waals surface area contributed by atoms with Gasteiger partial charge in [0.15, 0.2) is 0 Å². The Kier molecular flexibility index (Phi) is 3.94. The Morgan fingerprint density at radius 2 is 2.00 bits per heavy atom. The maximum atomic E-state index is 10.9. The fourth-order valence-corrected chi connectivity index (χ4v) is 1.71. The van der Waals surface area contributed by atoms with E-state index in [0.717, 1.165) is 0 Å². The van der Waals surface area contributed by atoms with Gasteiger partial charge >= 0.3 is 5.97 Å². The van der Waals surface area contributed by atoms with Crippen LogP contribution in [0.15, 0.2) is 47.5 Å². The number of anilines is 1. The van der Waals surface area contributed by atoms with Crippen LogP contribution in [-0.4, -0.2) is 22.2 Å². The third kappa shape index (κ3) is 3.21. The summed E-state index contributed by atoms with van der Waals surface area (Å²) in [5, 5.41) is 19.7. The number of nitrogens with two attached hydrogens (primary N) is 1. The Morgan fingerprint density at radius 3 is 2.62 bits per heavy atom. The lowest BCUT2D eigenvalue weighted by Gasteiger charge is -2.02. The van der Waals surface area contributed by atoms with Gasteiger partial charge in [0.2, 0.25) is 0 Å². The van der Waals surface area contributed by atoms with Crippen LogP contribution in [0.4, 0.5) is 17.1 Å². The highest BCUT2D eigenvalue weighted by Gasteiger charge is 2.10. The first-order chi connectivity index (χ1) is 9.99. The molecule has 0 unspecified atom stereocenters. The number of nitrogen functional groups attached to an aromatic ring is 1. The summed E-state index contributed by atoms with van der Waals surface area (Å²) < 4.78 is 0. The van der Waals surface area contributed by atoms with Crippen molar-refractivity contribution in [1.29, 1.82) is 0 Å². The fourth-order valence-electron chi connectivity index (χ4n) is 1.71. The summed E-state index contributed by atoms with van der Waals surface area (Å²) in [4.78, 5) is 25.2. The molecule has 0 aliphatic carbocycles. The molecule has 2 aromatic rings. The topological polar surface area (TPSA) is 119 Å². The van der Waals surface area contributed by atoms with Gasteiger partial charge in [0.05, 0.1) is 27.4 Å². The van der Waals surface area contributed by atoms with E-state index in [1.165, 1.54) is 30.5 Å². The number of carbonyl (C=O) groups is 1. The second-order valence-electron chi connectivity index (χ2n) is 4.15. The van der Waals surface area contributed by atoms with Crippen molar-refractivity contribution in [3.8, 4) is 0 Å². The van der Waals surface area contributed by atoms with Gasteiger partial charge in [0, 0.05) is 12.3 Å². The van der Waals surface area contributed by atoms with Gasteiger partial charge in [-0.05, 0) is 24.3 Å². The van der Waals surface area contributed by atoms with E-state index in [2.05, 4.69) is 4.99 Å². The van der Waals surface area contributed by atoms with E-state index in [1.807, 2.05) is 0 Å². The molecule has 0 heterocycles. The molecule has 0 atom stereocenters. The molecular formula is C14H11N3O4. The van der Waals surface area contributed by atoms with Crippen molar-refractivity contribution < 1.29 is 14.8 Å². The van der Waals surface area contributed by atoms with Crippen LogP contribution in [0, 0.1) is 10.1 Å². The van der Waals surface area contributed by atoms with Crippen LogP contribution in [0.3, 0.4) is 0 Å². The largest absolute Gasteiger partial charge is 0.478 e. The molecule has 0 aliphatic rings. The fraction of sp³-hybridized carbons (Fsp3) is 0. The van der Waals surface area contributed by atoms with E-state index in [1.54, 1.807) is 18.2 Å². The summed E-state index contributed by atoms with van der Waals surface area (Å²) >= 11 is 0. The van der Waals surface area contributed by atoms with Crippen LogP contribution in [0.25, 0.3) is 0 Å². The lowest BCUT2D eigenvalue weighted by molar-refractivity contribution is -0.385. The monoisotopic (exact) mass is 285 g/mol. The number of benzene rings is 2. The Balaban J connectivity index is 2.34. The van der Waals surface area contributed by atoms with Crippen LogP contribution >= 0.6 is 0 Å². The highest BCUT2D eigenvalue weighted by Crippen LogP contribution is 2.24. The van der Waals surface area contributed by atoms with E-state index in [0.29, 0.717) is 11.3 Å². The number of nitro benzene ring substituents is 1. The third-order valence-electron chi connectivity index (χ3n) is 2.75. The van der Waals surface area contributed by atoms with Crippen molar-refractivity contribution in [2.75, 3.05) is 5.73 Å². The zero-order chi connectivity index (χ0) is 15.4. The molecule has 0 bridgehead atoms. The van der Waals surface area contributed by atoms with Gasteiger partial charge in [0.25, 0.3) is 5.69 Å². The van der Waals surface area contributed by atoms with Gasteiger partial charge in [-0.3, -0.25) is 15.1 Å². The van der Waals surface area contributed by atoms with Crippen molar-refractivity contribution in [2.45, 2.75) is 0 Å². The molecular weight excluding hydrogens is 274 g/mol. The van der Waals surface area contributed by atoms with Crippen LogP contribution in [0.5, 0.6) is 0 Å². The maximum absolute atomic E-state index is 10.9. The van der Waals surface area contributed by atoms with Crippen molar-refractivity contribution in [2.24, 2.45) is 4.99 Å². The second-order valence-corrected chi connectivity index (χ2v) is 4.15. The lowest BCUT2D eigenvalue weighted by atomic mass is 10.1. The number of hydrogen-bond donors (Lipinski definition) is 2. The molecule has 0 aliphatic heterocycles. The first-order valence-corrected chi connectivity index (χ1v) is 5.89. The second kappa shape index (κ2) is 5.83. The molecule has 0 spiro atoms. The SMILES string of the molecule is Nc1cc(C(=O)O)ccc1N=Cc1ccccc1[N+](=O)[O-]. The molecule has 0 saturated heterocycles. The normalized spacial score (nSPS) is 10.7. The van der Waals surface area contributed by atoms with Crippen molar-refractivity contribution in [3.63, 3.8) is 0 Å². The molecule has 21 heavy (non-hydrogen) atoms. The number of carboxylic acid groups (broad SMARTS) is 1. The quantitative estimate of drug-likeness (QED) is 0.387. The molecule has 7 nitrogen and oxygen atoms in total. The minimum Gasteiger partial charge on any atom is -0.478 e. The highest BCUT2D eigenvalue weighted by molar-refractivity contribution is 5.92. The molecule has 0 amide bonds. The minimum atomic E-state index is -1.09. The molecule has 0 radical (unpaired) electrons. The van der Waals surface area contributed by atoms with Gasteiger partial charge < -0.3 is 10.8 Å². The number of rotatable bonds is 4. The molecule has 0 fully saturated rings. The van der Waals surface area contributed by atoms with Crippen LogP contribution in [0.1, 0.15) is 15.9 Å². The smallest absolute Gasteiger partial charge is 0.335 e. The highest BCUT2D eigenvalue weighted by atomic mass is 16.6. The average molecular weight is 285 g/mol. The number of nitrogens with zero attached hydrogens (tertiary/aromatic N) is 2. The molecule has 2 rings (SSSR count). The molecule has 7 heteroatoms. The lowest BCUT2D eigenvalue weighted by Crippen LogP contribution is -1.98. The third-order valence-corrected chi connectivity index (χ3v) is 2.75. The Labute approximate surface area is 119 Å².